The highest BCUT2D eigenvalue weighted by molar-refractivity contribution is 4.78. The van der Waals surface area contributed by atoms with Gasteiger partial charge in [0.2, 0.25) is 0 Å². The van der Waals surface area contributed by atoms with Crippen molar-refractivity contribution >= 4 is 0 Å². The van der Waals surface area contributed by atoms with E-state index in [1.807, 2.05) is 0 Å². The lowest BCUT2D eigenvalue weighted by molar-refractivity contribution is 0.316. The summed E-state index contributed by atoms with van der Waals surface area (Å²) in [6.07, 6.45) is 6.70. The second-order valence-corrected chi connectivity index (χ2v) is 4.92. The predicted octanol–water partition coefficient (Wildman–Crippen LogP) is 2.54. The Kier molecular flexibility index (Phi) is 6.26. The topological polar surface area (TPSA) is 24.1 Å². The minimum absolute atomic E-state index is 0.670. The van der Waals surface area contributed by atoms with Crippen molar-refractivity contribution in [3.05, 3.63) is 0 Å². The molecule has 0 bridgehead atoms. The van der Waals surface area contributed by atoms with Crippen LogP contribution in [0.3, 0.4) is 0 Å². The summed E-state index contributed by atoms with van der Waals surface area (Å²) in [5.41, 5.74) is 0. The van der Waals surface area contributed by atoms with E-state index in [0.29, 0.717) is 6.04 Å². The Hall–Kier alpha value is -0.0800. The molecule has 0 aromatic rings. The van der Waals surface area contributed by atoms with E-state index in [9.17, 15) is 0 Å². The van der Waals surface area contributed by atoms with Crippen molar-refractivity contribution < 1.29 is 0 Å². The lowest BCUT2D eigenvalue weighted by Crippen LogP contribution is -2.45. The number of rotatable bonds is 6. The van der Waals surface area contributed by atoms with E-state index in [2.05, 4.69) is 31.4 Å². The monoisotopic (exact) mass is 212 g/mol. The Morgan fingerprint density at radius 3 is 2.53 bits per heavy atom. The van der Waals surface area contributed by atoms with Gasteiger partial charge in [0.15, 0.2) is 0 Å². The zero-order chi connectivity index (χ0) is 11.1. The molecule has 2 heteroatoms. The highest BCUT2D eigenvalue weighted by Gasteiger charge is 2.16. The standard InChI is InChI=1S/C13H28N2/c1-4-12(5-2)11(3)15-10-13-8-6-7-9-14-13/h11-15H,4-10H2,1-3H3. The van der Waals surface area contributed by atoms with Crippen LogP contribution in [0, 0.1) is 5.92 Å². The third-order valence-electron chi connectivity index (χ3n) is 3.85. The van der Waals surface area contributed by atoms with E-state index in [0.717, 1.165) is 18.5 Å². The second kappa shape index (κ2) is 7.24. The van der Waals surface area contributed by atoms with Gasteiger partial charge in [0.05, 0.1) is 0 Å². The van der Waals surface area contributed by atoms with Crippen LogP contribution < -0.4 is 10.6 Å². The van der Waals surface area contributed by atoms with E-state index >= 15 is 0 Å². The van der Waals surface area contributed by atoms with Crippen LogP contribution in [-0.4, -0.2) is 25.2 Å². The van der Waals surface area contributed by atoms with Gasteiger partial charge in [-0.05, 0) is 32.2 Å². The Morgan fingerprint density at radius 1 is 1.27 bits per heavy atom. The van der Waals surface area contributed by atoms with Gasteiger partial charge in [0.25, 0.3) is 0 Å². The van der Waals surface area contributed by atoms with Crippen LogP contribution in [0.15, 0.2) is 0 Å². The van der Waals surface area contributed by atoms with Crippen LogP contribution in [0.2, 0.25) is 0 Å². The third-order valence-corrected chi connectivity index (χ3v) is 3.85. The second-order valence-electron chi connectivity index (χ2n) is 4.92. The molecule has 0 aromatic carbocycles. The molecule has 0 aliphatic carbocycles. The molecule has 1 aliphatic heterocycles. The quantitative estimate of drug-likeness (QED) is 0.707. The van der Waals surface area contributed by atoms with Gasteiger partial charge in [-0.15, -0.1) is 0 Å². The molecule has 0 spiro atoms. The maximum Gasteiger partial charge on any atom is 0.0192 e. The molecule has 0 amide bonds. The predicted molar refractivity (Wildman–Crippen MR) is 67.2 cm³/mol. The number of hydrogen-bond acceptors (Lipinski definition) is 2. The molecule has 0 radical (unpaired) electrons. The first kappa shape index (κ1) is 13.0. The number of nitrogens with one attached hydrogen (secondary N) is 2. The first-order valence-electron chi connectivity index (χ1n) is 6.74. The molecule has 0 aromatic heterocycles. The van der Waals surface area contributed by atoms with Crippen molar-refractivity contribution in [2.75, 3.05) is 13.1 Å². The van der Waals surface area contributed by atoms with Crippen LogP contribution in [0.4, 0.5) is 0 Å². The molecule has 1 heterocycles. The minimum Gasteiger partial charge on any atom is -0.313 e. The smallest absolute Gasteiger partial charge is 0.0192 e. The highest BCUT2D eigenvalue weighted by atomic mass is 15.0. The Labute approximate surface area is 95.2 Å². The van der Waals surface area contributed by atoms with Crippen molar-refractivity contribution in [3.63, 3.8) is 0 Å². The van der Waals surface area contributed by atoms with Crippen molar-refractivity contribution in [2.24, 2.45) is 5.92 Å². The van der Waals surface area contributed by atoms with Gasteiger partial charge in [-0.3, -0.25) is 0 Å². The first-order valence-corrected chi connectivity index (χ1v) is 6.74. The molecule has 1 aliphatic rings. The van der Waals surface area contributed by atoms with E-state index in [-0.39, 0.29) is 0 Å². The fraction of sp³-hybridized carbons (Fsp3) is 1.00. The summed E-state index contributed by atoms with van der Waals surface area (Å²) < 4.78 is 0. The van der Waals surface area contributed by atoms with E-state index in [4.69, 9.17) is 0 Å². The van der Waals surface area contributed by atoms with Crippen LogP contribution >= 0.6 is 0 Å². The van der Waals surface area contributed by atoms with Gasteiger partial charge >= 0.3 is 0 Å². The maximum absolute atomic E-state index is 3.69. The summed E-state index contributed by atoms with van der Waals surface area (Å²) in [6.45, 7) is 9.29. The van der Waals surface area contributed by atoms with Crippen LogP contribution in [0.5, 0.6) is 0 Å². The Balaban J connectivity index is 2.16. The van der Waals surface area contributed by atoms with Gasteiger partial charge in [-0.2, -0.15) is 0 Å². The molecule has 15 heavy (non-hydrogen) atoms. The van der Waals surface area contributed by atoms with E-state index in [1.54, 1.807) is 0 Å². The lowest BCUT2D eigenvalue weighted by atomic mass is 9.95. The van der Waals surface area contributed by atoms with Crippen LogP contribution in [0.1, 0.15) is 52.9 Å². The molecule has 90 valence electrons. The average Bonchev–Trinajstić information content (AvgIpc) is 2.29. The molecule has 2 N–H and O–H groups in total. The van der Waals surface area contributed by atoms with Crippen molar-refractivity contribution in [1.29, 1.82) is 0 Å². The first-order chi connectivity index (χ1) is 7.27. The minimum atomic E-state index is 0.670. The van der Waals surface area contributed by atoms with Gasteiger partial charge in [-0.1, -0.05) is 33.1 Å². The molecule has 2 nitrogen and oxygen atoms in total. The third kappa shape index (κ3) is 4.52. The summed E-state index contributed by atoms with van der Waals surface area (Å²) in [7, 11) is 0. The van der Waals surface area contributed by atoms with E-state index < -0.39 is 0 Å². The van der Waals surface area contributed by atoms with Gasteiger partial charge in [0, 0.05) is 18.6 Å². The highest BCUT2D eigenvalue weighted by Crippen LogP contribution is 2.13. The number of piperidine rings is 1. The normalized spacial score (nSPS) is 24.4. The van der Waals surface area contributed by atoms with E-state index in [1.165, 1.54) is 38.6 Å². The summed E-state index contributed by atoms with van der Waals surface area (Å²) in [6, 6.07) is 1.39. The Morgan fingerprint density at radius 2 is 2.00 bits per heavy atom. The molecule has 2 atom stereocenters. The molecule has 1 saturated heterocycles. The molecular formula is C13H28N2. The lowest BCUT2D eigenvalue weighted by Gasteiger charge is -2.28. The molecule has 2 unspecified atom stereocenters. The summed E-state index contributed by atoms with van der Waals surface area (Å²) in [4.78, 5) is 0. The zero-order valence-corrected chi connectivity index (χ0v) is 10.7. The molecule has 1 fully saturated rings. The SMILES string of the molecule is CCC(CC)C(C)NCC1CCCCN1. The van der Waals surface area contributed by atoms with Crippen LogP contribution in [-0.2, 0) is 0 Å². The van der Waals surface area contributed by atoms with Gasteiger partial charge in [-0.25, -0.2) is 0 Å². The molecule has 0 saturated carbocycles. The van der Waals surface area contributed by atoms with Crippen molar-refractivity contribution in [3.8, 4) is 0 Å². The average molecular weight is 212 g/mol. The van der Waals surface area contributed by atoms with Crippen molar-refractivity contribution in [1.82, 2.24) is 10.6 Å². The van der Waals surface area contributed by atoms with Gasteiger partial charge in [0.1, 0.15) is 0 Å². The summed E-state index contributed by atoms with van der Waals surface area (Å²) in [5.74, 6) is 0.841. The van der Waals surface area contributed by atoms with Gasteiger partial charge < -0.3 is 10.6 Å². The Bertz CT molecular complexity index is 149. The fourth-order valence-corrected chi connectivity index (χ4v) is 2.59. The van der Waals surface area contributed by atoms with Crippen molar-refractivity contribution in [2.45, 2.75) is 65.0 Å². The maximum atomic E-state index is 3.69. The zero-order valence-electron chi connectivity index (χ0n) is 10.7. The molecule has 1 rings (SSSR count). The summed E-state index contributed by atoms with van der Waals surface area (Å²) >= 11 is 0. The fourth-order valence-electron chi connectivity index (χ4n) is 2.59. The summed E-state index contributed by atoms with van der Waals surface area (Å²) in [5, 5.41) is 7.28. The molecular weight excluding hydrogens is 184 g/mol. The van der Waals surface area contributed by atoms with Crippen LogP contribution in [0.25, 0.3) is 0 Å². The largest absolute Gasteiger partial charge is 0.313 e. The number of hydrogen-bond donors (Lipinski definition) is 2.